The Balaban J connectivity index is 2.14. The van der Waals surface area contributed by atoms with E-state index in [-0.39, 0.29) is 22.2 Å². The fraction of sp³-hybridized carbons (Fsp3) is 0.111. The minimum atomic E-state index is -0.495. The molecule has 2 heterocycles. The van der Waals surface area contributed by atoms with Gasteiger partial charge in [0, 0.05) is 12.4 Å². The van der Waals surface area contributed by atoms with Crippen LogP contribution in [0.15, 0.2) is 41.3 Å². The van der Waals surface area contributed by atoms with E-state index in [0.717, 1.165) is 4.90 Å². The molecular weight excluding hydrogens is 320 g/mol. The van der Waals surface area contributed by atoms with Gasteiger partial charge in [-0.05, 0) is 24.6 Å². The molecule has 124 valence electrons. The van der Waals surface area contributed by atoms with Crippen LogP contribution in [-0.2, 0) is 0 Å². The molecule has 1 aliphatic rings. The largest absolute Gasteiger partial charge is 0.397 e. The van der Waals surface area contributed by atoms with E-state index in [2.05, 4.69) is 5.10 Å². The Morgan fingerprint density at radius 2 is 1.64 bits per heavy atom. The summed E-state index contributed by atoms with van der Waals surface area (Å²) in [6.45, 7) is 1.69. The smallest absolute Gasteiger partial charge is 0.281 e. The number of amides is 2. The van der Waals surface area contributed by atoms with Crippen LogP contribution in [0.25, 0.3) is 16.5 Å². The summed E-state index contributed by atoms with van der Waals surface area (Å²) in [6.07, 6.45) is 1.51. The van der Waals surface area contributed by atoms with Gasteiger partial charge in [-0.2, -0.15) is 9.78 Å². The minimum absolute atomic E-state index is 0.0235. The van der Waals surface area contributed by atoms with Crippen molar-refractivity contribution in [3.05, 3.63) is 63.6 Å². The average molecular weight is 334 g/mol. The number of nitrogen functional groups attached to an aromatic ring is 1. The van der Waals surface area contributed by atoms with Crippen molar-refractivity contribution < 1.29 is 9.59 Å². The lowest BCUT2D eigenvalue weighted by atomic mass is 9.96. The van der Waals surface area contributed by atoms with Gasteiger partial charge in [0.05, 0.1) is 34.1 Å². The summed E-state index contributed by atoms with van der Waals surface area (Å²) in [5.74, 6) is -0.914. The van der Waals surface area contributed by atoms with Crippen LogP contribution >= 0.6 is 0 Å². The number of para-hydroxylation sites is 1. The highest BCUT2D eigenvalue weighted by Crippen LogP contribution is 2.35. The zero-order valence-electron chi connectivity index (χ0n) is 13.6. The lowest BCUT2D eigenvalue weighted by Crippen LogP contribution is -2.24. The Hall–Kier alpha value is -3.48. The van der Waals surface area contributed by atoms with Gasteiger partial charge >= 0.3 is 0 Å². The molecule has 0 saturated carbocycles. The quantitative estimate of drug-likeness (QED) is 0.537. The predicted molar refractivity (Wildman–Crippen MR) is 92.9 cm³/mol. The van der Waals surface area contributed by atoms with Crippen LogP contribution in [0.3, 0.4) is 0 Å². The first kappa shape index (κ1) is 15.1. The van der Waals surface area contributed by atoms with E-state index < -0.39 is 17.4 Å². The van der Waals surface area contributed by atoms with Crippen molar-refractivity contribution in [2.75, 3.05) is 12.8 Å². The fourth-order valence-electron chi connectivity index (χ4n) is 3.25. The maximum atomic E-state index is 13.0. The van der Waals surface area contributed by atoms with Gasteiger partial charge in [0.1, 0.15) is 0 Å². The lowest BCUT2D eigenvalue weighted by Gasteiger charge is -2.12. The van der Waals surface area contributed by atoms with Crippen LogP contribution in [0.2, 0.25) is 0 Å². The molecule has 1 aliphatic heterocycles. The number of hydrogen-bond donors (Lipinski definition) is 1. The number of carbonyl (C=O) groups excluding carboxylic acids is 2. The van der Waals surface area contributed by atoms with Gasteiger partial charge in [-0.3, -0.25) is 19.3 Å². The number of nitrogens with two attached hydrogens (primary N) is 1. The summed E-state index contributed by atoms with van der Waals surface area (Å²) in [6, 6.07) is 8.92. The molecular formula is C18H14N4O3. The number of carbonyl (C=O) groups is 2. The molecule has 3 aromatic rings. The van der Waals surface area contributed by atoms with Gasteiger partial charge in [-0.25, -0.2) is 0 Å². The Labute approximate surface area is 142 Å². The number of aromatic nitrogens is 2. The molecule has 7 heteroatoms. The van der Waals surface area contributed by atoms with Crippen LogP contribution in [0.5, 0.6) is 0 Å². The Morgan fingerprint density at radius 1 is 1.00 bits per heavy atom. The number of imide groups is 1. The van der Waals surface area contributed by atoms with Gasteiger partial charge < -0.3 is 5.73 Å². The Morgan fingerprint density at radius 3 is 2.32 bits per heavy atom. The molecule has 2 aromatic carbocycles. The third-order valence-electron chi connectivity index (χ3n) is 4.58. The summed E-state index contributed by atoms with van der Waals surface area (Å²) in [4.78, 5) is 38.7. The van der Waals surface area contributed by atoms with E-state index in [0.29, 0.717) is 16.6 Å². The number of nitrogens with zero attached hydrogens (tertiary/aromatic N) is 3. The topological polar surface area (TPSA) is 98.3 Å². The number of benzene rings is 2. The Kier molecular flexibility index (Phi) is 3.02. The maximum Gasteiger partial charge on any atom is 0.281 e. The summed E-state index contributed by atoms with van der Waals surface area (Å²) in [7, 11) is 1.40. The average Bonchev–Trinajstić information content (AvgIpc) is 2.85. The summed E-state index contributed by atoms with van der Waals surface area (Å²) >= 11 is 0. The highest BCUT2D eigenvalue weighted by atomic mass is 16.2. The van der Waals surface area contributed by atoms with Crippen LogP contribution in [-0.4, -0.2) is 33.5 Å². The molecule has 0 bridgehead atoms. The normalized spacial score (nSPS) is 13.6. The highest BCUT2D eigenvalue weighted by Gasteiger charge is 2.38. The minimum Gasteiger partial charge on any atom is -0.397 e. The first-order valence-corrected chi connectivity index (χ1v) is 7.65. The van der Waals surface area contributed by atoms with Crippen LogP contribution in [0, 0.1) is 6.92 Å². The van der Waals surface area contributed by atoms with Gasteiger partial charge in [0.25, 0.3) is 17.4 Å². The molecule has 0 spiro atoms. The predicted octanol–water partition coefficient (Wildman–Crippen LogP) is 1.50. The SMILES string of the molecule is Cc1c2c(c(N)c3c(=O)n(-c4ccccc4)ncc13)C(=O)N(C)C2=O. The number of rotatable bonds is 1. The molecule has 2 amide bonds. The molecule has 0 atom stereocenters. The van der Waals surface area contributed by atoms with Crippen molar-refractivity contribution in [1.29, 1.82) is 0 Å². The molecule has 0 fully saturated rings. The molecule has 4 rings (SSSR count). The van der Waals surface area contributed by atoms with Crippen molar-refractivity contribution >= 4 is 28.3 Å². The van der Waals surface area contributed by atoms with E-state index in [1.165, 1.54) is 17.9 Å². The third-order valence-corrected chi connectivity index (χ3v) is 4.58. The molecule has 0 saturated heterocycles. The Bertz CT molecular complexity index is 1130. The van der Waals surface area contributed by atoms with Gasteiger partial charge in [0.15, 0.2) is 0 Å². The molecule has 0 aliphatic carbocycles. The van der Waals surface area contributed by atoms with Gasteiger partial charge in [0.2, 0.25) is 0 Å². The van der Waals surface area contributed by atoms with Crippen molar-refractivity contribution in [2.24, 2.45) is 0 Å². The molecule has 25 heavy (non-hydrogen) atoms. The number of hydrogen-bond acceptors (Lipinski definition) is 5. The van der Waals surface area contributed by atoms with Crippen LogP contribution in [0.1, 0.15) is 26.3 Å². The lowest BCUT2D eigenvalue weighted by molar-refractivity contribution is 0.0693. The first-order chi connectivity index (χ1) is 11.9. The standard InChI is InChI=1S/C18H14N4O3/c1-9-11-8-20-22(10-6-4-3-5-7-10)18(25)13(11)15(19)14-12(9)16(23)21(2)17(14)24/h3-8H,19H2,1-2H3. The second-order valence-corrected chi connectivity index (χ2v) is 5.94. The molecule has 1 aromatic heterocycles. The van der Waals surface area contributed by atoms with Gasteiger partial charge in [-0.15, -0.1) is 0 Å². The summed E-state index contributed by atoms with van der Waals surface area (Å²) in [5.41, 5.74) is 7.22. The second kappa shape index (κ2) is 5.01. The number of fused-ring (bicyclic) bond motifs is 2. The summed E-state index contributed by atoms with van der Waals surface area (Å²) < 4.78 is 1.23. The van der Waals surface area contributed by atoms with Crippen molar-refractivity contribution in [1.82, 2.24) is 14.7 Å². The van der Waals surface area contributed by atoms with E-state index in [9.17, 15) is 14.4 Å². The second-order valence-electron chi connectivity index (χ2n) is 5.94. The monoisotopic (exact) mass is 334 g/mol. The molecule has 2 N–H and O–H groups in total. The van der Waals surface area contributed by atoms with Crippen LogP contribution < -0.4 is 11.3 Å². The zero-order chi connectivity index (χ0) is 17.9. The summed E-state index contributed by atoms with van der Waals surface area (Å²) in [5, 5.41) is 4.88. The van der Waals surface area contributed by atoms with Gasteiger partial charge in [-0.1, -0.05) is 18.2 Å². The third kappa shape index (κ3) is 1.86. The van der Waals surface area contributed by atoms with Crippen molar-refractivity contribution in [3.8, 4) is 5.69 Å². The van der Waals surface area contributed by atoms with Crippen molar-refractivity contribution in [2.45, 2.75) is 6.92 Å². The first-order valence-electron chi connectivity index (χ1n) is 7.65. The molecule has 0 unspecified atom stereocenters. The van der Waals surface area contributed by atoms with Crippen molar-refractivity contribution in [3.63, 3.8) is 0 Å². The van der Waals surface area contributed by atoms with Crippen LogP contribution in [0.4, 0.5) is 5.69 Å². The van der Waals surface area contributed by atoms with E-state index in [1.807, 2.05) is 6.07 Å². The maximum absolute atomic E-state index is 13.0. The fourth-order valence-corrected chi connectivity index (χ4v) is 3.25. The molecule has 0 radical (unpaired) electrons. The molecule has 7 nitrogen and oxygen atoms in total. The number of anilines is 1. The van der Waals surface area contributed by atoms with E-state index in [1.54, 1.807) is 31.2 Å². The highest BCUT2D eigenvalue weighted by molar-refractivity contribution is 6.27. The number of aryl methyl sites for hydroxylation is 1. The van der Waals surface area contributed by atoms with E-state index in [4.69, 9.17) is 5.73 Å². The zero-order valence-corrected chi connectivity index (χ0v) is 13.6. The van der Waals surface area contributed by atoms with E-state index >= 15 is 0 Å².